The average molecular weight is 400 g/mol. The number of hydrogen-bond acceptors (Lipinski definition) is 3. The maximum atomic E-state index is 12.0. The van der Waals surface area contributed by atoms with E-state index in [0.29, 0.717) is 11.4 Å². The van der Waals surface area contributed by atoms with Crippen LogP contribution in [0.25, 0.3) is 11.3 Å². The Balaban J connectivity index is 1.42. The van der Waals surface area contributed by atoms with Gasteiger partial charge in [-0.25, -0.2) is 0 Å². The number of furan rings is 1. The number of carbonyl (C=O) groups is 1. The number of hydrazine groups is 1. The molecule has 138 valence electrons. The van der Waals surface area contributed by atoms with E-state index in [1.165, 1.54) is 0 Å². The summed E-state index contributed by atoms with van der Waals surface area (Å²) in [6.45, 7) is 0. The molecular weight excluding hydrogens is 382 g/mol. The molecule has 0 spiro atoms. The number of thiocarbonyl (C=S) groups is 1. The van der Waals surface area contributed by atoms with E-state index in [1.54, 1.807) is 18.2 Å². The Kier molecular flexibility index (Phi) is 6.46. The van der Waals surface area contributed by atoms with E-state index in [1.807, 2.05) is 48.5 Å². The van der Waals surface area contributed by atoms with Crippen molar-refractivity contribution in [3.05, 3.63) is 77.5 Å². The van der Waals surface area contributed by atoms with Crippen LogP contribution in [-0.4, -0.2) is 11.0 Å². The van der Waals surface area contributed by atoms with Gasteiger partial charge >= 0.3 is 0 Å². The number of amides is 1. The molecule has 0 aliphatic rings. The molecule has 0 unspecified atom stereocenters. The zero-order valence-corrected chi connectivity index (χ0v) is 15.9. The molecule has 1 heterocycles. The Morgan fingerprint density at radius 2 is 1.81 bits per heavy atom. The van der Waals surface area contributed by atoms with Gasteiger partial charge in [-0.1, -0.05) is 48.0 Å². The Hall–Kier alpha value is -2.83. The third-order valence-corrected chi connectivity index (χ3v) is 4.16. The van der Waals surface area contributed by atoms with Crippen LogP contribution in [0.2, 0.25) is 5.02 Å². The lowest BCUT2D eigenvalue weighted by atomic mass is 10.2. The highest BCUT2D eigenvalue weighted by Crippen LogP contribution is 2.22. The first kappa shape index (κ1) is 18.9. The molecule has 0 bridgehead atoms. The maximum absolute atomic E-state index is 12.0. The molecule has 0 fully saturated rings. The molecule has 3 N–H and O–H groups in total. The molecule has 27 heavy (non-hydrogen) atoms. The topological polar surface area (TPSA) is 66.3 Å². The second-order valence-corrected chi connectivity index (χ2v) is 6.61. The molecule has 7 heteroatoms. The number of nitrogens with one attached hydrogen (secondary N) is 3. The first-order chi connectivity index (χ1) is 13.1. The van der Waals surface area contributed by atoms with Gasteiger partial charge in [0.05, 0.1) is 0 Å². The first-order valence-electron chi connectivity index (χ1n) is 8.36. The summed E-state index contributed by atoms with van der Waals surface area (Å²) in [6, 6.07) is 20.7. The number of carbonyl (C=O) groups excluding carboxylic acids is 1. The van der Waals surface area contributed by atoms with Crippen molar-refractivity contribution in [2.75, 3.05) is 5.32 Å². The minimum absolute atomic E-state index is 0.192. The monoisotopic (exact) mass is 399 g/mol. The van der Waals surface area contributed by atoms with Gasteiger partial charge in [-0.15, -0.1) is 0 Å². The zero-order valence-electron chi connectivity index (χ0n) is 14.4. The minimum atomic E-state index is -0.192. The van der Waals surface area contributed by atoms with Gasteiger partial charge in [-0.3, -0.25) is 15.6 Å². The van der Waals surface area contributed by atoms with Crippen molar-refractivity contribution >= 4 is 40.5 Å². The van der Waals surface area contributed by atoms with Gasteiger partial charge in [0.2, 0.25) is 5.91 Å². The van der Waals surface area contributed by atoms with Crippen LogP contribution in [0.1, 0.15) is 12.2 Å². The van der Waals surface area contributed by atoms with Crippen LogP contribution in [0.15, 0.2) is 71.1 Å². The molecule has 3 aromatic rings. The van der Waals surface area contributed by atoms with Crippen LogP contribution in [-0.2, 0) is 11.2 Å². The predicted octanol–water partition coefficient (Wildman–Crippen LogP) is 4.55. The van der Waals surface area contributed by atoms with E-state index in [4.69, 9.17) is 28.2 Å². The van der Waals surface area contributed by atoms with Crippen molar-refractivity contribution in [1.82, 2.24) is 10.9 Å². The van der Waals surface area contributed by atoms with E-state index in [-0.39, 0.29) is 17.4 Å². The van der Waals surface area contributed by atoms with Crippen molar-refractivity contribution in [1.29, 1.82) is 0 Å². The third kappa shape index (κ3) is 5.84. The molecule has 0 atom stereocenters. The number of anilines is 1. The highest BCUT2D eigenvalue weighted by Gasteiger charge is 2.08. The summed E-state index contributed by atoms with van der Waals surface area (Å²) in [6.07, 6.45) is 0.767. The highest BCUT2D eigenvalue weighted by molar-refractivity contribution is 7.80. The van der Waals surface area contributed by atoms with Gasteiger partial charge in [0.1, 0.15) is 11.5 Å². The number of halogens is 1. The van der Waals surface area contributed by atoms with Crippen LogP contribution in [0.3, 0.4) is 0 Å². The van der Waals surface area contributed by atoms with Crippen LogP contribution in [0, 0.1) is 0 Å². The fourth-order valence-corrected chi connectivity index (χ4v) is 2.78. The normalized spacial score (nSPS) is 10.3. The van der Waals surface area contributed by atoms with Gasteiger partial charge < -0.3 is 9.73 Å². The van der Waals surface area contributed by atoms with Crippen molar-refractivity contribution in [2.45, 2.75) is 12.8 Å². The number of hydrogen-bond donors (Lipinski definition) is 3. The Bertz CT molecular complexity index is 928. The molecule has 0 radical (unpaired) electrons. The van der Waals surface area contributed by atoms with Crippen LogP contribution in [0.4, 0.5) is 5.69 Å². The average Bonchev–Trinajstić information content (AvgIpc) is 3.14. The number of aryl methyl sites for hydroxylation is 1. The summed E-state index contributed by atoms with van der Waals surface area (Å²) in [5.41, 5.74) is 6.96. The van der Waals surface area contributed by atoms with Gasteiger partial charge in [0.15, 0.2) is 5.11 Å². The quantitative estimate of drug-likeness (QED) is 0.434. The lowest BCUT2D eigenvalue weighted by Gasteiger charge is -2.11. The van der Waals surface area contributed by atoms with Crippen molar-refractivity contribution < 1.29 is 9.21 Å². The lowest BCUT2D eigenvalue weighted by molar-refractivity contribution is -0.121. The molecule has 0 aliphatic heterocycles. The lowest BCUT2D eigenvalue weighted by Crippen LogP contribution is -2.43. The minimum Gasteiger partial charge on any atom is -0.461 e. The van der Waals surface area contributed by atoms with Gasteiger partial charge in [-0.05, 0) is 42.5 Å². The van der Waals surface area contributed by atoms with Crippen LogP contribution < -0.4 is 16.2 Å². The fourth-order valence-electron chi connectivity index (χ4n) is 2.42. The molecule has 5 nitrogen and oxygen atoms in total. The summed E-state index contributed by atoms with van der Waals surface area (Å²) in [7, 11) is 0. The predicted molar refractivity (Wildman–Crippen MR) is 111 cm³/mol. The first-order valence-corrected chi connectivity index (χ1v) is 9.14. The second-order valence-electron chi connectivity index (χ2n) is 5.77. The molecule has 3 rings (SSSR count). The number of benzene rings is 2. The van der Waals surface area contributed by atoms with Crippen molar-refractivity contribution in [3.8, 4) is 11.3 Å². The maximum Gasteiger partial charge on any atom is 0.238 e. The van der Waals surface area contributed by atoms with Gasteiger partial charge in [0, 0.05) is 29.1 Å². The smallest absolute Gasteiger partial charge is 0.238 e. The molecular formula is C20H18ClN3O2S. The molecule has 0 aliphatic carbocycles. The highest BCUT2D eigenvalue weighted by atomic mass is 35.5. The van der Waals surface area contributed by atoms with E-state index >= 15 is 0 Å². The molecule has 1 aromatic heterocycles. The molecule has 2 aromatic carbocycles. The summed E-state index contributed by atoms with van der Waals surface area (Å²) in [5, 5.41) is 3.81. The van der Waals surface area contributed by atoms with Crippen LogP contribution >= 0.6 is 23.8 Å². The van der Waals surface area contributed by atoms with Gasteiger partial charge in [-0.2, -0.15) is 0 Å². The van der Waals surface area contributed by atoms with Crippen LogP contribution in [0.5, 0.6) is 0 Å². The van der Waals surface area contributed by atoms with E-state index in [0.717, 1.165) is 22.8 Å². The van der Waals surface area contributed by atoms with E-state index in [2.05, 4.69) is 16.2 Å². The van der Waals surface area contributed by atoms with Gasteiger partial charge in [0.25, 0.3) is 0 Å². The standard InChI is InChI=1S/C20H18ClN3O2S/c21-15-7-4-8-16(13-15)22-20(27)24-23-19(25)12-10-17-9-11-18(26-17)14-5-2-1-3-6-14/h1-9,11,13H,10,12H2,(H,23,25)(H2,22,24,27). The third-order valence-electron chi connectivity index (χ3n) is 3.72. The summed E-state index contributed by atoms with van der Waals surface area (Å²) in [4.78, 5) is 12.0. The molecule has 1 amide bonds. The summed E-state index contributed by atoms with van der Waals surface area (Å²) >= 11 is 11.0. The fraction of sp³-hybridized carbons (Fsp3) is 0.100. The largest absolute Gasteiger partial charge is 0.461 e. The van der Waals surface area contributed by atoms with E-state index < -0.39 is 0 Å². The summed E-state index contributed by atoms with van der Waals surface area (Å²) in [5.74, 6) is 1.35. The SMILES string of the molecule is O=C(CCc1ccc(-c2ccccc2)o1)NNC(=S)Nc1cccc(Cl)c1. The van der Waals surface area contributed by atoms with Crippen molar-refractivity contribution in [2.24, 2.45) is 0 Å². The zero-order chi connectivity index (χ0) is 19.1. The number of rotatable bonds is 5. The molecule has 0 saturated carbocycles. The molecule has 0 saturated heterocycles. The second kappa shape index (κ2) is 9.21. The summed E-state index contributed by atoms with van der Waals surface area (Å²) < 4.78 is 5.78. The Morgan fingerprint density at radius 1 is 1.00 bits per heavy atom. The Labute approximate surface area is 167 Å². The van der Waals surface area contributed by atoms with E-state index in [9.17, 15) is 4.79 Å². The Morgan fingerprint density at radius 3 is 2.59 bits per heavy atom. The van der Waals surface area contributed by atoms with Crippen molar-refractivity contribution in [3.63, 3.8) is 0 Å².